The Kier molecular flexibility index (Phi) is 4.36. The van der Waals surface area contributed by atoms with Gasteiger partial charge in [-0.2, -0.15) is 5.26 Å². The Morgan fingerprint density at radius 1 is 1.23 bits per heavy atom. The van der Waals surface area contributed by atoms with Crippen LogP contribution in [0.5, 0.6) is 0 Å². The summed E-state index contributed by atoms with van der Waals surface area (Å²) in [6, 6.07) is 14.4. The first-order chi connectivity index (χ1) is 12.7. The van der Waals surface area contributed by atoms with E-state index in [0.29, 0.717) is 5.56 Å². The first-order valence-corrected chi connectivity index (χ1v) is 8.83. The lowest BCUT2D eigenvalue weighted by atomic mass is 10.0. The number of anilines is 2. The van der Waals surface area contributed by atoms with E-state index in [2.05, 4.69) is 26.3 Å². The molecule has 1 aromatic carbocycles. The SMILES string of the molecule is Cc1cc(NC2CCCN(c3nc4ccccc4cc3C#N)C2)ncn1. The van der Waals surface area contributed by atoms with Gasteiger partial charge in [0.1, 0.15) is 24.0 Å². The lowest BCUT2D eigenvalue weighted by molar-refractivity contribution is 0.525. The maximum absolute atomic E-state index is 9.59. The van der Waals surface area contributed by atoms with Crippen LogP contribution in [0.15, 0.2) is 42.7 Å². The smallest absolute Gasteiger partial charge is 0.147 e. The minimum Gasteiger partial charge on any atom is -0.365 e. The summed E-state index contributed by atoms with van der Waals surface area (Å²) in [6.07, 6.45) is 3.69. The summed E-state index contributed by atoms with van der Waals surface area (Å²) in [4.78, 5) is 15.4. The van der Waals surface area contributed by atoms with Crippen molar-refractivity contribution < 1.29 is 0 Å². The summed E-state index contributed by atoms with van der Waals surface area (Å²) in [5.41, 5.74) is 2.49. The average molecular weight is 344 g/mol. The molecule has 1 saturated heterocycles. The molecule has 0 spiro atoms. The molecule has 3 heterocycles. The number of benzene rings is 1. The van der Waals surface area contributed by atoms with Crippen LogP contribution in [0, 0.1) is 18.3 Å². The summed E-state index contributed by atoms with van der Waals surface area (Å²) < 4.78 is 0. The molecule has 1 aliphatic rings. The first kappa shape index (κ1) is 16.3. The molecule has 130 valence electrons. The van der Waals surface area contributed by atoms with E-state index in [0.717, 1.165) is 54.2 Å². The normalized spacial score (nSPS) is 17.1. The molecular formula is C20H20N6. The Bertz CT molecular complexity index is 977. The number of para-hydroxylation sites is 1. The van der Waals surface area contributed by atoms with Crippen molar-refractivity contribution in [2.75, 3.05) is 23.3 Å². The highest BCUT2D eigenvalue weighted by molar-refractivity contribution is 5.83. The predicted octanol–water partition coefficient (Wildman–Crippen LogP) is 3.29. The number of nitrogens with zero attached hydrogens (tertiary/aromatic N) is 5. The van der Waals surface area contributed by atoms with E-state index in [1.54, 1.807) is 6.33 Å². The van der Waals surface area contributed by atoms with E-state index in [-0.39, 0.29) is 6.04 Å². The second-order valence-electron chi connectivity index (χ2n) is 6.64. The highest BCUT2D eigenvalue weighted by Gasteiger charge is 2.23. The van der Waals surface area contributed by atoms with Crippen molar-refractivity contribution in [1.82, 2.24) is 15.0 Å². The molecule has 1 aliphatic heterocycles. The Morgan fingerprint density at radius 3 is 2.96 bits per heavy atom. The third-order valence-electron chi connectivity index (χ3n) is 4.70. The predicted molar refractivity (Wildman–Crippen MR) is 102 cm³/mol. The number of piperidine rings is 1. The van der Waals surface area contributed by atoms with Gasteiger partial charge in [0.05, 0.1) is 11.1 Å². The van der Waals surface area contributed by atoms with Gasteiger partial charge in [-0.15, -0.1) is 0 Å². The van der Waals surface area contributed by atoms with Gasteiger partial charge < -0.3 is 10.2 Å². The van der Waals surface area contributed by atoms with E-state index >= 15 is 0 Å². The Balaban J connectivity index is 1.59. The fourth-order valence-corrected chi connectivity index (χ4v) is 3.46. The van der Waals surface area contributed by atoms with Gasteiger partial charge in [0.15, 0.2) is 0 Å². The zero-order chi connectivity index (χ0) is 17.9. The van der Waals surface area contributed by atoms with Crippen molar-refractivity contribution >= 4 is 22.5 Å². The minimum atomic E-state index is 0.262. The number of fused-ring (bicyclic) bond motifs is 1. The van der Waals surface area contributed by atoms with Crippen LogP contribution in [0.4, 0.5) is 11.6 Å². The summed E-state index contributed by atoms with van der Waals surface area (Å²) in [5.74, 6) is 1.62. The largest absolute Gasteiger partial charge is 0.365 e. The van der Waals surface area contributed by atoms with Crippen LogP contribution in [0.3, 0.4) is 0 Å². The molecule has 6 heteroatoms. The van der Waals surface area contributed by atoms with Crippen LogP contribution in [-0.4, -0.2) is 34.1 Å². The molecule has 4 rings (SSSR count). The van der Waals surface area contributed by atoms with Crippen LogP contribution in [0.2, 0.25) is 0 Å². The molecule has 1 unspecified atom stereocenters. The summed E-state index contributed by atoms with van der Waals surface area (Å²) in [7, 11) is 0. The number of hydrogen-bond acceptors (Lipinski definition) is 6. The van der Waals surface area contributed by atoms with Crippen molar-refractivity contribution in [1.29, 1.82) is 5.26 Å². The monoisotopic (exact) mass is 344 g/mol. The number of nitriles is 1. The Hall–Kier alpha value is -3.20. The van der Waals surface area contributed by atoms with Crippen LogP contribution in [0.1, 0.15) is 24.1 Å². The molecular weight excluding hydrogens is 324 g/mol. The van der Waals surface area contributed by atoms with E-state index in [9.17, 15) is 5.26 Å². The summed E-state index contributed by atoms with van der Waals surface area (Å²) in [5, 5.41) is 14.1. The number of hydrogen-bond donors (Lipinski definition) is 1. The van der Waals surface area contributed by atoms with E-state index < -0.39 is 0 Å². The molecule has 2 aromatic heterocycles. The maximum atomic E-state index is 9.59. The number of pyridine rings is 1. The zero-order valence-electron chi connectivity index (χ0n) is 14.7. The van der Waals surface area contributed by atoms with Crippen LogP contribution in [0.25, 0.3) is 10.9 Å². The maximum Gasteiger partial charge on any atom is 0.147 e. The Morgan fingerprint density at radius 2 is 2.12 bits per heavy atom. The van der Waals surface area contributed by atoms with Crippen molar-refractivity contribution in [3.63, 3.8) is 0 Å². The molecule has 0 amide bonds. The molecule has 0 saturated carbocycles. The van der Waals surface area contributed by atoms with Gasteiger partial charge in [0.25, 0.3) is 0 Å². The fourth-order valence-electron chi connectivity index (χ4n) is 3.46. The van der Waals surface area contributed by atoms with Gasteiger partial charge in [-0.05, 0) is 31.9 Å². The molecule has 26 heavy (non-hydrogen) atoms. The van der Waals surface area contributed by atoms with E-state index in [1.165, 1.54) is 0 Å². The minimum absolute atomic E-state index is 0.262. The quantitative estimate of drug-likeness (QED) is 0.785. The van der Waals surface area contributed by atoms with Gasteiger partial charge in [-0.1, -0.05) is 18.2 Å². The number of nitrogens with one attached hydrogen (secondary N) is 1. The summed E-state index contributed by atoms with van der Waals surface area (Å²) in [6.45, 7) is 3.66. The van der Waals surface area contributed by atoms with Crippen molar-refractivity contribution in [3.8, 4) is 6.07 Å². The zero-order valence-corrected chi connectivity index (χ0v) is 14.7. The van der Waals surface area contributed by atoms with E-state index in [4.69, 9.17) is 4.98 Å². The molecule has 0 bridgehead atoms. The number of aryl methyl sites for hydroxylation is 1. The average Bonchev–Trinajstić information content (AvgIpc) is 2.67. The molecule has 3 aromatic rings. The van der Waals surface area contributed by atoms with Crippen molar-refractivity contribution in [2.24, 2.45) is 0 Å². The second kappa shape index (κ2) is 6.96. The molecule has 1 fully saturated rings. The topological polar surface area (TPSA) is 77.7 Å². The Labute approximate surface area is 152 Å². The molecule has 1 N–H and O–H groups in total. The molecule has 0 aliphatic carbocycles. The highest BCUT2D eigenvalue weighted by Crippen LogP contribution is 2.26. The van der Waals surface area contributed by atoms with Crippen LogP contribution < -0.4 is 10.2 Å². The lowest BCUT2D eigenvalue weighted by Crippen LogP contribution is -2.43. The van der Waals surface area contributed by atoms with Crippen molar-refractivity contribution in [3.05, 3.63) is 54.0 Å². The second-order valence-corrected chi connectivity index (χ2v) is 6.64. The van der Waals surface area contributed by atoms with Gasteiger partial charge >= 0.3 is 0 Å². The van der Waals surface area contributed by atoms with Gasteiger partial charge in [-0.25, -0.2) is 15.0 Å². The lowest BCUT2D eigenvalue weighted by Gasteiger charge is -2.34. The van der Waals surface area contributed by atoms with Crippen LogP contribution in [-0.2, 0) is 0 Å². The highest BCUT2D eigenvalue weighted by atomic mass is 15.2. The summed E-state index contributed by atoms with van der Waals surface area (Å²) >= 11 is 0. The molecule has 1 atom stereocenters. The number of aromatic nitrogens is 3. The van der Waals surface area contributed by atoms with Gasteiger partial charge in [0.2, 0.25) is 0 Å². The molecule has 6 nitrogen and oxygen atoms in total. The van der Waals surface area contributed by atoms with Gasteiger partial charge in [0, 0.05) is 36.3 Å². The van der Waals surface area contributed by atoms with E-state index in [1.807, 2.05) is 43.3 Å². The standard InChI is InChI=1S/C20H20N6/c1-14-9-19(23-13-22-14)24-17-6-4-8-26(12-17)20-16(11-21)10-15-5-2-3-7-18(15)25-20/h2-3,5,7,9-10,13,17H,4,6,8,12H2,1H3,(H,22,23,24). The third-order valence-corrected chi connectivity index (χ3v) is 4.70. The fraction of sp³-hybridized carbons (Fsp3) is 0.300. The number of rotatable bonds is 3. The third kappa shape index (κ3) is 3.29. The molecule has 0 radical (unpaired) electrons. The first-order valence-electron chi connectivity index (χ1n) is 8.83. The van der Waals surface area contributed by atoms with Gasteiger partial charge in [-0.3, -0.25) is 0 Å². The van der Waals surface area contributed by atoms with Crippen LogP contribution >= 0.6 is 0 Å². The van der Waals surface area contributed by atoms with Crippen molar-refractivity contribution in [2.45, 2.75) is 25.8 Å².